The lowest BCUT2D eigenvalue weighted by molar-refractivity contribution is 0.0977. The molecular formula is C21H25N3O2S. The van der Waals surface area contributed by atoms with Gasteiger partial charge in [0, 0.05) is 29.5 Å². The number of hydrogen-bond donors (Lipinski definition) is 2. The molecule has 1 saturated heterocycles. The zero-order valence-corrected chi connectivity index (χ0v) is 16.5. The molecule has 0 spiro atoms. The van der Waals surface area contributed by atoms with Gasteiger partial charge in [0.2, 0.25) is 0 Å². The van der Waals surface area contributed by atoms with Gasteiger partial charge in [-0.05, 0) is 80.9 Å². The molecule has 3 rings (SSSR count). The van der Waals surface area contributed by atoms with Crippen LogP contribution in [0.25, 0.3) is 0 Å². The molecule has 1 fully saturated rings. The topological polar surface area (TPSA) is 53.6 Å². The second-order valence-corrected chi connectivity index (χ2v) is 7.13. The van der Waals surface area contributed by atoms with Gasteiger partial charge in [0.1, 0.15) is 5.75 Å². The number of anilines is 2. The first kappa shape index (κ1) is 19.2. The maximum Gasteiger partial charge on any atom is 0.257 e. The average molecular weight is 384 g/mol. The molecule has 1 atom stereocenters. The van der Waals surface area contributed by atoms with E-state index < -0.39 is 0 Å². The van der Waals surface area contributed by atoms with Gasteiger partial charge in [0.25, 0.3) is 5.91 Å². The average Bonchev–Trinajstić information content (AvgIpc) is 2.69. The Bertz CT molecular complexity index is 807. The molecule has 1 aliphatic rings. The zero-order chi connectivity index (χ0) is 19.2. The Kier molecular flexibility index (Phi) is 6.29. The molecule has 0 bridgehead atoms. The lowest BCUT2D eigenvalue weighted by Crippen LogP contribution is -2.37. The van der Waals surface area contributed by atoms with E-state index in [2.05, 4.69) is 34.6 Å². The quantitative estimate of drug-likeness (QED) is 0.775. The molecule has 0 aliphatic carbocycles. The fourth-order valence-corrected chi connectivity index (χ4v) is 3.53. The first-order valence-corrected chi connectivity index (χ1v) is 9.61. The van der Waals surface area contributed by atoms with E-state index in [1.807, 2.05) is 12.1 Å². The van der Waals surface area contributed by atoms with Crippen molar-refractivity contribution in [3.63, 3.8) is 0 Å². The van der Waals surface area contributed by atoms with Gasteiger partial charge in [0.15, 0.2) is 5.11 Å². The van der Waals surface area contributed by atoms with Crippen molar-refractivity contribution in [3.8, 4) is 5.75 Å². The van der Waals surface area contributed by atoms with Crippen molar-refractivity contribution >= 4 is 34.6 Å². The number of amides is 1. The highest BCUT2D eigenvalue weighted by atomic mass is 32.1. The summed E-state index contributed by atoms with van der Waals surface area (Å²) in [4.78, 5) is 14.7. The highest BCUT2D eigenvalue weighted by Crippen LogP contribution is 2.25. The molecule has 1 aliphatic heterocycles. The SMILES string of the molecule is COc1cccc(C(=O)NC(=S)Nc2ccc(N3CCCC[C@@H]3C)cc2)c1. The van der Waals surface area contributed by atoms with Crippen LogP contribution in [0.3, 0.4) is 0 Å². The smallest absolute Gasteiger partial charge is 0.257 e. The van der Waals surface area contributed by atoms with Gasteiger partial charge in [0.05, 0.1) is 7.11 Å². The number of hydrogen-bond acceptors (Lipinski definition) is 4. The van der Waals surface area contributed by atoms with Gasteiger partial charge in [-0.15, -0.1) is 0 Å². The molecule has 2 aromatic rings. The van der Waals surface area contributed by atoms with E-state index in [-0.39, 0.29) is 11.0 Å². The van der Waals surface area contributed by atoms with E-state index in [0.29, 0.717) is 17.4 Å². The fraction of sp³-hybridized carbons (Fsp3) is 0.333. The number of carbonyl (C=O) groups is 1. The molecule has 0 unspecified atom stereocenters. The molecule has 0 radical (unpaired) electrons. The third-order valence-electron chi connectivity index (χ3n) is 4.82. The number of ether oxygens (including phenoxy) is 1. The molecule has 1 amide bonds. The fourth-order valence-electron chi connectivity index (χ4n) is 3.32. The lowest BCUT2D eigenvalue weighted by atomic mass is 10.0. The Labute approximate surface area is 165 Å². The molecule has 6 heteroatoms. The number of rotatable bonds is 4. The summed E-state index contributed by atoms with van der Waals surface area (Å²) < 4.78 is 5.14. The van der Waals surface area contributed by atoms with Crippen LogP contribution in [-0.2, 0) is 0 Å². The van der Waals surface area contributed by atoms with Crippen LogP contribution in [0.2, 0.25) is 0 Å². The number of methoxy groups -OCH3 is 1. The van der Waals surface area contributed by atoms with E-state index in [0.717, 1.165) is 12.2 Å². The summed E-state index contributed by atoms with van der Waals surface area (Å²) in [6, 6.07) is 15.7. The minimum atomic E-state index is -0.273. The minimum absolute atomic E-state index is 0.266. The van der Waals surface area contributed by atoms with Gasteiger partial charge < -0.3 is 15.0 Å². The van der Waals surface area contributed by atoms with Crippen molar-refractivity contribution in [1.29, 1.82) is 0 Å². The molecule has 142 valence electrons. The molecule has 2 N–H and O–H groups in total. The van der Waals surface area contributed by atoms with Crippen LogP contribution in [0.5, 0.6) is 5.75 Å². The van der Waals surface area contributed by atoms with E-state index in [1.54, 1.807) is 31.4 Å². The summed E-state index contributed by atoms with van der Waals surface area (Å²) in [5.74, 6) is 0.356. The van der Waals surface area contributed by atoms with Gasteiger partial charge in [-0.1, -0.05) is 6.07 Å². The predicted molar refractivity (Wildman–Crippen MR) is 114 cm³/mol. The Morgan fingerprint density at radius 2 is 1.96 bits per heavy atom. The third kappa shape index (κ3) is 4.98. The van der Waals surface area contributed by atoms with Crippen molar-refractivity contribution < 1.29 is 9.53 Å². The number of carbonyl (C=O) groups excluding carboxylic acids is 1. The maximum atomic E-state index is 12.3. The van der Waals surface area contributed by atoms with Gasteiger partial charge in [-0.2, -0.15) is 0 Å². The van der Waals surface area contributed by atoms with E-state index in [1.165, 1.54) is 24.9 Å². The normalized spacial score (nSPS) is 16.5. The molecule has 1 heterocycles. The third-order valence-corrected chi connectivity index (χ3v) is 5.02. The Morgan fingerprint density at radius 1 is 1.19 bits per heavy atom. The van der Waals surface area contributed by atoms with E-state index in [9.17, 15) is 4.79 Å². The number of nitrogens with zero attached hydrogens (tertiary/aromatic N) is 1. The van der Waals surface area contributed by atoms with Crippen molar-refractivity contribution in [2.24, 2.45) is 0 Å². The number of benzene rings is 2. The monoisotopic (exact) mass is 383 g/mol. The summed E-state index contributed by atoms with van der Waals surface area (Å²) in [7, 11) is 1.57. The predicted octanol–water partition coefficient (Wildman–Crippen LogP) is 4.20. The van der Waals surface area contributed by atoms with Gasteiger partial charge in [-0.3, -0.25) is 10.1 Å². The van der Waals surface area contributed by atoms with Crippen LogP contribution in [0.1, 0.15) is 36.5 Å². The van der Waals surface area contributed by atoms with Crippen LogP contribution < -0.4 is 20.3 Å². The summed E-state index contributed by atoms with van der Waals surface area (Å²) in [5, 5.41) is 6.02. The number of piperidine rings is 1. The molecule has 5 nitrogen and oxygen atoms in total. The summed E-state index contributed by atoms with van der Waals surface area (Å²) in [6.07, 6.45) is 3.78. The Morgan fingerprint density at radius 3 is 2.67 bits per heavy atom. The standard InChI is InChI=1S/C21H25N3O2S/c1-15-6-3-4-13-24(15)18-11-9-17(10-12-18)22-21(27)23-20(25)16-7-5-8-19(14-16)26-2/h5,7-12,14-15H,3-4,6,13H2,1-2H3,(H2,22,23,25,27)/t15-/m0/s1. The molecule has 0 aromatic heterocycles. The molecular weight excluding hydrogens is 358 g/mol. The van der Waals surface area contributed by atoms with Crippen molar-refractivity contribution in [3.05, 3.63) is 54.1 Å². The number of thiocarbonyl (C=S) groups is 1. The van der Waals surface area contributed by atoms with Crippen molar-refractivity contribution in [1.82, 2.24) is 5.32 Å². The van der Waals surface area contributed by atoms with Crippen LogP contribution >= 0.6 is 12.2 Å². The first-order valence-electron chi connectivity index (χ1n) is 9.20. The summed E-state index contributed by atoms with van der Waals surface area (Å²) in [6.45, 7) is 3.37. The van der Waals surface area contributed by atoms with Crippen LogP contribution in [0.4, 0.5) is 11.4 Å². The van der Waals surface area contributed by atoms with Gasteiger partial charge >= 0.3 is 0 Å². The molecule has 2 aromatic carbocycles. The van der Waals surface area contributed by atoms with E-state index >= 15 is 0 Å². The Hall–Kier alpha value is -2.60. The number of nitrogens with one attached hydrogen (secondary N) is 2. The Balaban J connectivity index is 1.58. The van der Waals surface area contributed by atoms with Crippen molar-refractivity contribution in [2.75, 3.05) is 23.9 Å². The summed E-state index contributed by atoms with van der Waals surface area (Å²) >= 11 is 5.27. The summed E-state index contributed by atoms with van der Waals surface area (Å²) in [5.41, 5.74) is 2.56. The van der Waals surface area contributed by atoms with E-state index in [4.69, 9.17) is 17.0 Å². The van der Waals surface area contributed by atoms with Gasteiger partial charge in [-0.25, -0.2) is 0 Å². The van der Waals surface area contributed by atoms with Crippen LogP contribution in [0, 0.1) is 0 Å². The largest absolute Gasteiger partial charge is 0.497 e. The minimum Gasteiger partial charge on any atom is -0.497 e. The maximum absolute atomic E-state index is 12.3. The molecule has 27 heavy (non-hydrogen) atoms. The van der Waals surface area contributed by atoms with Crippen LogP contribution in [0.15, 0.2) is 48.5 Å². The second-order valence-electron chi connectivity index (χ2n) is 6.73. The highest BCUT2D eigenvalue weighted by Gasteiger charge is 2.18. The zero-order valence-electron chi connectivity index (χ0n) is 15.7. The first-order chi connectivity index (χ1) is 13.1. The second kappa shape index (κ2) is 8.86. The highest BCUT2D eigenvalue weighted by molar-refractivity contribution is 7.80. The lowest BCUT2D eigenvalue weighted by Gasteiger charge is -2.35. The van der Waals surface area contributed by atoms with Crippen molar-refractivity contribution in [2.45, 2.75) is 32.2 Å². The van der Waals surface area contributed by atoms with Crippen LogP contribution in [-0.4, -0.2) is 30.7 Å². The molecule has 0 saturated carbocycles.